The molecule has 0 aromatic rings. The summed E-state index contributed by atoms with van der Waals surface area (Å²) in [5.74, 6) is -0.880. The van der Waals surface area contributed by atoms with Gasteiger partial charge in [-0.15, -0.1) is 0 Å². The van der Waals surface area contributed by atoms with Crippen molar-refractivity contribution in [1.82, 2.24) is 4.90 Å². The van der Waals surface area contributed by atoms with E-state index in [1.807, 2.05) is 0 Å². The van der Waals surface area contributed by atoms with Gasteiger partial charge in [-0.3, -0.25) is 9.59 Å². The molecule has 1 amide bonds. The fourth-order valence-corrected chi connectivity index (χ4v) is 1.59. The van der Waals surface area contributed by atoms with Crippen molar-refractivity contribution in [3.8, 4) is 0 Å². The number of nitrogens with zero attached hydrogens (tertiary/aromatic N) is 1. The molecule has 1 heterocycles. The summed E-state index contributed by atoms with van der Waals surface area (Å²) in [6.45, 7) is 2.72. The summed E-state index contributed by atoms with van der Waals surface area (Å²) in [5.41, 5.74) is 4.55. The Kier molecular flexibility index (Phi) is 3.10. The minimum absolute atomic E-state index is 0.00376. The fourth-order valence-electron chi connectivity index (χ4n) is 1.59. The average Bonchev–Trinajstić information content (AvgIpc) is 2.17. The summed E-state index contributed by atoms with van der Waals surface area (Å²) in [6.07, 6.45) is 1.02. The third-order valence-corrected chi connectivity index (χ3v) is 2.91. The summed E-state index contributed by atoms with van der Waals surface area (Å²) >= 11 is 0. The SMILES string of the molecule is CC1(C(=O)O)CCN(C(=O)CN)CC1. The van der Waals surface area contributed by atoms with E-state index >= 15 is 0 Å². The third-order valence-electron chi connectivity index (χ3n) is 2.91. The second-order valence-corrected chi connectivity index (χ2v) is 3.95. The zero-order valence-electron chi connectivity index (χ0n) is 8.32. The van der Waals surface area contributed by atoms with Crippen molar-refractivity contribution < 1.29 is 14.7 Å². The van der Waals surface area contributed by atoms with Gasteiger partial charge in [-0.25, -0.2) is 0 Å². The summed E-state index contributed by atoms with van der Waals surface area (Å²) in [7, 11) is 0. The van der Waals surface area contributed by atoms with Gasteiger partial charge in [0.1, 0.15) is 0 Å². The maximum atomic E-state index is 11.2. The molecule has 80 valence electrons. The van der Waals surface area contributed by atoms with Crippen LogP contribution in [-0.4, -0.2) is 41.5 Å². The molecule has 5 nitrogen and oxygen atoms in total. The van der Waals surface area contributed by atoms with Gasteiger partial charge in [0.2, 0.25) is 5.91 Å². The van der Waals surface area contributed by atoms with Gasteiger partial charge in [0, 0.05) is 13.1 Å². The molecule has 0 radical (unpaired) electrons. The topological polar surface area (TPSA) is 83.6 Å². The Morgan fingerprint density at radius 2 is 1.93 bits per heavy atom. The molecule has 0 spiro atoms. The number of likely N-dealkylation sites (tertiary alicyclic amines) is 1. The third kappa shape index (κ3) is 2.04. The molecule has 1 rings (SSSR count). The van der Waals surface area contributed by atoms with E-state index in [2.05, 4.69) is 0 Å². The van der Waals surface area contributed by atoms with Crippen LogP contribution in [0.1, 0.15) is 19.8 Å². The monoisotopic (exact) mass is 200 g/mol. The van der Waals surface area contributed by atoms with Crippen LogP contribution in [0.15, 0.2) is 0 Å². The first-order valence-electron chi connectivity index (χ1n) is 4.71. The standard InChI is InChI=1S/C9H16N2O3/c1-9(8(13)14)2-4-11(5-3-9)7(12)6-10/h2-6,10H2,1H3,(H,13,14). The average molecular weight is 200 g/mol. The highest BCUT2D eigenvalue weighted by molar-refractivity contribution is 5.79. The number of amides is 1. The lowest BCUT2D eigenvalue weighted by atomic mass is 9.80. The van der Waals surface area contributed by atoms with Crippen LogP contribution in [0.3, 0.4) is 0 Å². The predicted molar refractivity (Wildman–Crippen MR) is 50.6 cm³/mol. The van der Waals surface area contributed by atoms with E-state index in [-0.39, 0.29) is 12.5 Å². The molecule has 3 N–H and O–H groups in total. The molecule has 0 aromatic heterocycles. The van der Waals surface area contributed by atoms with E-state index in [0.717, 1.165) is 0 Å². The van der Waals surface area contributed by atoms with Gasteiger partial charge >= 0.3 is 5.97 Å². The highest BCUT2D eigenvalue weighted by Gasteiger charge is 2.37. The van der Waals surface area contributed by atoms with Crippen molar-refractivity contribution in [2.75, 3.05) is 19.6 Å². The quantitative estimate of drug-likeness (QED) is 0.638. The number of carboxylic acid groups (broad SMARTS) is 1. The van der Waals surface area contributed by atoms with E-state index in [0.29, 0.717) is 25.9 Å². The van der Waals surface area contributed by atoms with E-state index in [9.17, 15) is 9.59 Å². The summed E-state index contributed by atoms with van der Waals surface area (Å²) in [4.78, 5) is 23.7. The van der Waals surface area contributed by atoms with Crippen molar-refractivity contribution in [1.29, 1.82) is 0 Å². The van der Waals surface area contributed by atoms with E-state index in [1.165, 1.54) is 0 Å². The molecule has 0 aromatic carbocycles. The molecular formula is C9H16N2O3. The molecular weight excluding hydrogens is 184 g/mol. The van der Waals surface area contributed by atoms with Crippen LogP contribution < -0.4 is 5.73 Å². The van der Waals surface area contributed by atoms with Gasteiger partial charge in [0.25, 0.3) is 0 Å². The van der Waals surface area contributed by atoms with Crippen LogP contribution >= 0.6 is 0 Å². The summed E-state index contributed by atoms with van der Waals surface area (Å²) < 4.78 is 0. The molecule has 5 heteroatoms. The Morgan fingerprint density at radius 1 is 1.43 bits per heavy atom. The smallest absolute Gasteiger partial charge is 0.309 e. The first-order chi connectivity index (χ1) is 6.49. The predicted octanol–water partition coefficient (Wildman–Crippen LogP) is -0.342. The molecule has 1 aliphatic rings. The Morgan fingerprint density at radius 3 is 2.29 bits per heavy atom. The molecule has 1 aliphatic heterocycles. The van der Waals surface area contributed by atoms with Gasteiger partial charge in [-0.05, 0) is 19.8 Å². The zero-order valence-corrected chi connectivity index (χ0v) is 8.32. The Bertz CT molecular complexity index is 244. The maximum absolute atomic E-state index is 11.2. The number of hydrogen-bond donors (Lipinski definition) is 2. The normalized spacial score (nSPS) is 20.6. The zero-order chi connectivity index (χ0) is 10.8. The summed E-state index contributed by atoms with van der Waals surface area (Å²) in [5, 5.41) is 8.95. The van der Waals surface area contributed by atoms with Gasteiger partial charge < -0.3 is 15.7 Å². The number of aliphatic carboxylic acids is 1. The van der Waals surface area contributed by atoms with Gasteiger partial charge in [0.15, 0.2) is 0 Å². The van der Waals surface area contributed by atoms with E-state index < -0.39 is 11.4 Å². The van der Waals surface area contributed by atoms with Crippen molar-refractivity contribution in [3.63, 3.8) is 0 Å². The lowest BCUT2D eigenvalue weighted by molar-refractivity contribution is -0.152. The van der Waals surface area contributed by atoms with Crippen LogP contribution in [0.4, 0.5) is 0 Å². The second-order valence-electron chi connectivity index (χ2n) is 3.95. The molecule has 0 bridgehead atoms. The number of hydrogen-bond acceptors (Lipinski definition) is 3. The number of rotatable bonds is 2. The number of carbonyl (C=O) groups is 2. The number of nitrogens with two attached hydrogens (primary N) is 1. The number of carboxylic acids is 1. The highest BCUT2D eigenvalue weighted by atomic mass is 16.4. The van der Waals surface area contributed by atoms with Crippen molar-refractivity contribution in [3.05, 3.63) is 0 Å². The Labute approximate surface area is 82.9 Å². The molecule has 14 heavy (non-hydrogen) atoms. The van der Waals surface area contributed by atoms with Crippen LogP contribution in [0, 0.1) is 5.41 Å². The molecule has 0 aliphatic carbocycles. The maximum Gasteiger partial charge on any atom is 0.309 e. The van der Waals surface area contributed by atoms with Crippen LogP contribution in [0.5, 0.6) is 0 Å². The van der Waals surface area contributed by atoms with Crippen molar-refractivity contribution in [2.45, 2.75) is 19.8 Å². The molecule has 1 fully saturated rings. The lowest BCUT2D eigenvalue weighted by Gasteiger charge is -2.36. The molecule has 0 saturated carbocycles. The first kappa shape index (κ1) is 11.0. The number of piperidine rings is 1. The minimum Gasteiger partial charge on any atom is -0.481 e. The van der Waals surface area contributed by atoms with Crippen molar-refractivity contribution >= 4 is 11.9 Å². The molecule has 0 atom stereocenters. The van der Waals surface area contributed by atoms with E-state index in [4.69, 9.17) is 10.8 Å². The second kappa shape index (κ2) is 3.96. The van der Waals surface area contributed by atoms with E-state index in [1.54, 1.807) is 11.8 Å². The largest absolute Gasteiger partial charge is 0.481 e. The number of carbonyl (C=O) groups excluding carboxylic acids is 1. The fraction of sp³-hybridized carbons (Fsp3) is 0.778. The molecule has 1 saturated heterocycles. The lowest BCUT2D eigenvalue weighted by Crippen LogP contribution is -2.46. The summed E-state index contributed by atoms with van der Waals surface area (Å²) in [6, 6.07) is 0. The highest BCUT2D eigenvalue weighted by Crippen LogP contribution is 2.30. The minimum atomic E-state index is -0.780. The van der Waals surface area contributed by atoms with Crippen molar-refractivity contribution in [2.24, 2.45) is 11.1 Å². The first-order valence-corrected chi connectivity index (χ1v) is 4.71. The van der Waals surface area contributed by atoms with Gasteiger partial charge in [-0.2, -0.15) is 0 Å². The van der Waals surface area contributed by atoms with Crippen LogP contribution in [0.2, 0.25) is 0 Å². The van der Waals surface area contributed by atoms with Gasteiger partial charge in [-0.1, -0.05) is 0 Å². The molecule has 0 unspecified atom stereocenters. The van der Waals surface area contributed by atoms with Crippen LogP contribution in [-0.2, 0) is 9.59 Å². The Balaban J connectivity index is 2.54. The van der Waals surface area contributed by atoms with Crippen LogP contribution in [0.25, 0.3) is 0 Å². The van der Waals surface area contributed by atoms with Gasteiger partial charge in [0.05, 0.1) is 12.0 Å². The Hall–Kier alpha value is -1.10.